The molecule has 1 unspecified atom stereocenters. The van der Waals surface area contributed by atoms with Gasteiger partial charge in [0.05, 0.1) is 0 Å². The maximum Gasteiger partial charge on any atom is 0.223 e. The number of nitrogens with two attached hydrogens (primary N) is 1. The van der Waals surface area contributed by atoms with E-state index in [4.69, 9.17) is 5.73 Å². The second-order valence-corrected chi connectivity index (χ2v) is 6.86. The fraction of sp³-hybridized carbons (Fsp3) is 0.381. The number of amides is 1. The van der Waals surface area contributed by atoms with Crippen molar-refractivity contribution in [2.45, 2.75) is 32.4 Å². The van der Waals surface area contributed by atoms with Crippen molar-refractivity contribution < 1.29 is 4.79 Å². The van der Waals surface area contributed by atoms with Crippen LogP contribution in [0.2, 0.25) is 0 Å². The van der Waals surface area contributed by atoms with Crippen LogP contribution in [0.25, 0.3) is 0 Å². The van der Waals surface area contributed by atoms with Crippen LogP contribution in [0.3, 0.4) is 0 Å². The van der Waals surface area contributed by atoms with Crippen LogP contribution < -0.4 is 5.73 Å². The van der Waals surface area contributed by atoms with Crippen LogP contribution in [-0.2, 0) is 17.8 Å². The molecule has 1 atom stereocenters. The predicted octanol–water partition coefficient (Wildman–Crippen LogP) is 3.78. The average Bonchev–Trinajstić information content (AvgIpc) is 2.62. The maximum absolute atomic E-state index is 12.6. The largest absolute Gasteiger partial charge is 0.399 e. The summed E-state index contributed by atoms with van der Waals surface area (Å²) in [4.78, 5) is 17.1. The van der Waals surface area contributed by atoms with Gasteiger partial charge in [0.1, 0.15) is 0 Å². The molecule has 3 rings (SSSR count). The quantitative estimate of drug-likeness (QED) is 0.764. The number of para-hydroxylation sites is 1. The fourth-order valence-corrected chi connectivity index (χ4v) is 3.54. The smallest absolute Gasteiger partial charge is 0.223 e. The van der Waals surface area contributed by atoms with E-state index in [1.54, 1.807) is 0 Å². The number of hydrogen-bond donors (Lipinski definition) is 1. The van der Waals surface area contributed by atoms with Gasteiger partial charge in [0, 0.05) is 44.3 Å². The van der Waals surface area contributed by atoms with Gasteiger partial charge in [-0.1, -0.05) is 48.5 Å². The van der Waals surface area contributed by atoms with E-state index in [2.05, 4.69) is 36.1 Å². The Morgan fingerprint density at radius 1 is 1.04 bits per heavy atom. The highest BCUT2D eigenvalue weighted by Crippen LogP contribution is 2.17. The molecule has 2 aromatic rings. The van der Waals surface area contributed by atoms with E-state index in [1.165, 1.54) is 5.56 Å². The zero-order chi connectivity index (χ0) is 17.6. The maximum atomic E-state index is 12.6. The zero-order valence-corrected chi connectivity index (χ0v) is 17.3. The molecular weight excluding hydrogens is 381 g/mol. The van der Waals surface area contributed by atoms with Gasteiger partial charge in [0.25, 0.3) is 0 Å². The van der Waals surface area contributed by atoms with Gasteiger partial charge in [0.15, 0.2) is 0 Å². The highest BCUT2D eigenvalue weighted by atomic mass is 35.5. The van der Waals surface area contributed by atoms with Gasteiger partial charge < -0.3 is 10.6 Å². The minimum Gasteiger partial charge on any atom is -0.399 e. The first-order valence-corrected chi connectivity index (χ1v) is 9.02. The molecule has 27 heavy (non-hydrogen) atoms. The molecule has 2 N–H and O–H groups in total. The van der Waals surface area contributed by atoms with Gasteiger partial charge in [0.2, 0.25) is 5.91 Å². The van der Waals surface area contributed by atoms with Crippen LogP contribution in [0.1, 0.15) is 24.5 Å². The third-order valence-corrected chi connectivity index (χ3v) is 4.94. The van der Waals surface area contributed by atoms with E-state index in [0.29, 0.717) is 12.8 Å². The lowest BCUT2D eigenvalue weighted by Crippen LogP contribution is -2.53. The number of benzene rings is 2. The predicted molar refractivity (Wildman–Crippen MR) is 117 cm³/mol. The molecule has 1 aliphatic heterocycles. The Balaban J connectivity index is 0.00000182. The lowest BCUT2D eigenvalue weighted by molar-refractivity contribution is -0.135. The number of aryl methyl sites for hydroxylation is 1. The van der Waals surface area contributed by atoms with Crippen LogP contribution in [0.4, 0.5) is 5.69 Å². The van der Waals surface area contributed by atoms with Gasteiger partial charge in [-0.25, -0.2) is 0 Å². The first-order chi connectivity index (χ1) is 12.1. The molecule has 1 saturated heterocycles. The van der Waals surface area contributed by atoms with Crippen molar-refractivity contribution in [3.05, 3.63) is 65.7 Å². The Kier molecular flexibility index (Phi) is 9.64. The second-order valence-electron chi connectivity index (χ2n) is 6.86. The lowest BCUT2D eigenvalue weighted by Gasteiger charge is -2.40. The summed E-state index contributed by atoms with van der Waals surface area (Å²) in [5.41, 5.74) is 9.14. The third kappa shape index (κ3) is 6.42. The molecule has 0 aliphatic carbocycles. The number of carbonyl (C=O) groups is 1. The van der Waals surface area contributed by atoms with Crippen LogP contribution in [0.5, 0.6) is 0 Å². The van der Waals surface area contributed by atoms with Crippen LogP contribution in [-0.4, -0.2) is 41.4 Å². The molecular formula is C21H29Cl2N3O. The zero-order valence-electron chi connectivity index (χ0n) is 15.7. The van der Waals surface area contributed by atoms with Crippen LogP contribution in [0.15, 0.2) is 54.6 Å². The first-order valence-electron chi connectivity index (χ1n) is 9.02. The van der Waals surface area contributed by atoms with Gasteiger partial charge in [-0.2, -0.15) is 0 Å². The van der Waals surface area contributed by atoms with E-state index in [1.807, 2.05) is 35.2 Å². The molecule has 4 nitrogen and oxygen atoms in total. The molecule has 0 saturated carbocycles. The minimum absolute atomic E-state index is 0. The molecule has 6 heteroatoms. The van der Waals surface area contributed by atoms with Crippen molar-refractivity contribution in [2.75, 3.05) is 25.4 Å². The number of anilines is 1. The normalized spacial score (nSPS) is 16.9. The fourth-order valence-electron chi connectivity index (χ4n) is 3.54. The van der Waals surface area contributed by atoms with E-state index in [-0.39, 0.29) is 36.8 Å². The molecule has 0 bridgehead atoms. The van der Waals surface area contributed by atoms with E-state index < -0.39 is 0 Å². The minimum atomic E-state index is 0. The van der Waals surface area contributed by atoms with Crippen LogP contribution in [0, 0.1) is 0 Å². The Hall–Kier alpha value is -1.75. The lowest BCUT2D eigenvalue weighted by atomic mass is 10.1. The molecule has 2 aromatic carbocycles. The van der Waals surface area contributed by atoms with Crippen molar-refractivity contribution in [3.8, 4) is 0 Å². The molecule has 148 valence electrons. The Labute approximate surface area is 174 Å². The van der Waals surface area contributed by atoms with Gasteiger partial charge in [-0.3, -0.25) is 9.69 Å². The number of hydrogen-bond acceptors (Lipinski definition) is 3. The average molecular weight is 410 g/mol. The standard InChI is InChI=1S/C21H27N3O.2ClH/c1-17-15-23(16-18-7-3-2-4-8-18)13-14-24(17)21(25)12-11-19-9-5-6-10-20(19)22;;/h2-10,17H,11-16,22H2,1H3;2*1H. The first kappa shape index (κ1) is 23.3. The van der Waals surface area contributed by atoms with Gasteiger partial charge in [-0.05, 0) is 30.5 Å². The van der Waals surface area contributed by atoms with Crippen molar-refractivity contribution in [2.24, 2.45) is 0 Å². The molecule has 0 radical (unpaired) electrons. The molecule has 1 amide bonds. The summed E-state index contributed by atoms with van der Waals surface area (Å²) in [7, 11) is 0. The number of piperazine rings is 1. The second kappa shape index (κ2) is 11.2. The third-order valence-electron chi connectivity index (χ3n) is 4.94. The van der Waals surface area contributed by atoms with Crippen molar-refractivity contribution in [1.29, 1.82) is 0 Å². The van der Waals surface area contributed by atoms with Crippen LogP contribution >= 0.6 is 24.8 Å². The summed E-state index contributed by atoms with van der Waals surface area (Å²) in [6.45, 7) is 5.75. The van der Waals surface area contributed by atoms with Gasteiger partial charge in [-0.15, -0.1) is 24.8 Å². The van der Waals surface area contributed by atoms with Gasteiger partial charge >= 0.3 is 0 Å². The summed E-state index contributed by atoms with van der Waals surface area (Å²) in [6, 6.07) is 18.6. The van der Waals surface area contributed by atoms with Crippen molar-refractivity contribution in [1.82, 2.24) is 9.80 Å². The van der Waals surface area contributed by atoms with Crippen molar-refractivity contribution in [3.63, 3.8) is 0 Å². The molecule has 1 heterocycles. The monoisotopic (exact) mass is 409 g/mol. The summed E-state index contributed by atoms with van der Waals surface area (Å²) in [6.07, 6.45) is 1.24. The molecule has 0 aromatic heterocycles. The number of halogens is 2. The number of carbonyl (C=O) groups excluding carboxylic acids is 1. The number of nitrogen functional groups attached to an aromatic ring is 1. The Morgan fingerprint density at radius 3 is 2.37 bits per heavy atom. The molecule has 0 spiro atoms. The summed E-state index contributed by atoms with van der Waals surface area (Å²) >= 11 is 0. The Morgan fingerprint density at radius 2 is 1.70 bits per heavy atom. The number of nitrogens with zero attached hydrogens (tertiary/aromatic N) is 2. The van der Waals surface area contributed by atoms with Crippen molar-refractivity contribution >= 4 is 36.4 Å². The summed E-state index contributed by atoms with van der Waals surface area (Å²) < 4.78 is 0. The van der Waals surface area contributed by atoms with E-state index >= 15 is 0 Å². The van der Waals surface area contributed by atoms with E-state index in [0.717, 1.165) is 37.4 Å². The SMILES string of the molecule is CC1CN(Cc2ccccc2)CCN1C(=O)CCc1ccccc1N.Cl.Cl. The molecule has 1 fully saturated rings. The van der Waals surface area contributed by atoms with E-state index in [9.17, 15) is 4.79 Å². The summed E-state index contributed by atoms with van der Waals surface area (Å²) in [5, 5.41) is 0. The number of rotatable bonds is 5. The summed E-state index contributed by atoms with van der Waals surface area (Å²) in [5.74, 6) is 0.232. The molecule has 1 aliphatic rings. The highest BCUT2D eigenvalue weighted by Gasteiger charge is 2.27. The Bertz CT molecular complexity index is 712. The topological polar surface area (TPSA) is 49.6 Å². The highest BCUT2D eigenvalue weighted by molar-refractivity contribution is 5.85.